The van der Waals surface area contributed by atoms with Gasteiger partial charge in [0.2, 0.25) is 0 Å². The van der Waals surface area contributed by atoms with E-state index in [1.165, 1.54) is 12.1 Å². The molecule has 0 bridgehead atoms. The van der Waals surface area contributed by atoms with Crippen LogP contribution in [0.2, 0.25) is 0 Å². The number of amides is 1. The maximum absolute atomic E-state index is 13.0. The molecule has 0 spiro atoms. The second-order valence-electron chi connectivity index (χ2n) is 4.03. The number of ether oxygens (including phenoxy) is 1. The molecule has 1 aliphatic rings. The highest BCUT2D eigenvalue weighted by Gasteiger charge is 2.34. The second-order valence-corrected chi connectivity index (χ2v) is 4.03. The van der Waals surface area contributed by atoms with Crippen molar-refractivity contribution in [2.24, 2.45) is 5.10 Å². The molecule has 1 aromatic rings. The normalized spacial score (nSPS) is 15.2. The van der Waals surface area contributed by atoms with Crippen LogP contribution in [-0.2, 0) is 10.9 Å². The molecule has 2 rings (SSSR count). The van der Waals surface area contributed by atoms with Crippen molar-refractivity contribution in [2.75, 3.05) is 18.5 Å². The molecule has 0 saturated heterocycles. The molecular formula is C12H12F3N3O2. The van der Waals surface area contributed by atoms with Crippen LogP contribution >= 0.6 is 0 Å². The summed E-state index contributed by atoms with van der Waals surface area (Å²) in [6.07, 6.45) is -5.21. The Morgan fingerprint density at radius 1 is 1.45 bits per heavy atom. The van der Waals surface area contributed by atoms with E-state index < -0.39 is 17.8 Å². The third-order valence-corrected chi connectivity index (χ3v) is 2.65. The topological polar surface area (TPSA) is 62.7 Å². The number of nitrogens with one attached hydrogen (secondary N) is 2. The highest BCUT2D eigenvalue weighted by atomic mass is 19.4. The highest BCUT2D eigenvalue weighted by molar-refractivity contribution is 6.04. The molecule has 0 saturated carbocycles. The minimum absolute atomic E-state index is 0.00473. The van der Waals surface area contributed by atoms with Gasteiger partial charge in [0, 0.05) is 17.8 Å². The van der Waals surface area contributed by atoms with Crippen molar-refractivity contribution in [3.05, 3.63) is 29.3 Å². The number of cyclic esters (lactones) is 1. The third kappa shape index (κ3) is 3.01. The Morgan fingerprint density at radius 3 is 2.75 bits per heavy atom. The summed E-state index contributed by atoms with van der Waals surface area (Å²) in [6, 6.07) is 3.81. The van der Waals surface area contributed by atoms with Crippen LogP contribution in [0.1, 0.15) is 18.1 Å². The highest BCUT2D eigenvalue weighted by Crippen LogP contribution is 2.35. The first kappa shape index (κ1) is 14.2. The Bertz CT molecular complexity index is 555. The van der Waals surface area contributed by atoms with Gasteiger partial charge in [0.25, 0.3) is 0 Å². The Hall–Kier alpha value is -2.25. The zero-order valence-corrected chi connectivity index (χ0v) is 10.5. The molecule has 20 heavy (non-hydrogen) atoms. The van der Waals surface area contributed by atoms with E-state index in [1.54, 1.807) is 6.92 Å². The predicted molar refractivity (Wildman–Crippen MR) is 66.6 cm³/mol. The van der Waals surface area contributed by atoms with Crippen LogP contribution in [0.3, 0.4) is 0 Å². The van der Waals surface area contributed by atoms with Crippen molar-refractivity contribution in [3.8, 4) is 0 Å². The molecule has 8 heteroatoms. The van der Waals surface area contributed by atoms with Gasteiger partial charge in [-0.3, -0.25) is 0 Å². The lowest BCUT2D eigenvalue weighted by Crippen LogP contribution is -2.30. The molecule has 108 valence electrons. The minimum Gasteiger partial charge on any atom is -0.442 e. The fourth-order valence-electron chi connectivity index (χ4n) is 1.76. The van der Waals surface area contributed by atoms with Crippen molar-refractivity contribution >= 4 is 17.5 Å². The smallest absolute Gasteiger partial charge is 0.428 e. The van der Waals surface area contributed by atoms with E-state index in [4.69, 9.17) is 0 Å². The Morgan fingerprint density at radius 2 is 2.20 bits per heavy atom. The molecule has 5 nitrogen and oxygen atoms in total. The maximum Gasteiger partial charge on any atom is 0.428 e. The van der Waals surface area contributed by atoms with Gasteiger partial charge < -0.3 is 10.1 Å². The summed E-state index contributed by atoms with van der Waals surface area (Å²) in [6.45, 7) is 1.93. The van der Waals surface area contributed by atoms with Gasteiger partial charge in [0.1, 0.15) is 12.3 Å². The molecule has 2 N–H and O–H groups in total. The van der Waals surface area contributed by atoms with Crippen molar-refractivity contribution in [1.29, 1.82) is 0 Å². The number of hydrazone groups is 1. The first-order chi connectivity index (χ1) is 9.41. The molecule has 1 amide bonds. The molecule has 0 fully saturated rings. The van der Waals surface area contributed by atoms with Crippen molar-refractivity contribution in [2.45, 2.75) is 13.1 Å². The summed E-state index contributed by atoms with van der Waals surface area (Å²) < 4.78 is 43.7. The van der Waals surface area contributed by atoms with Crippen molar-refractivity contribution in [1.82, 2.24) is 5.43 Å². The number of hydrogen-bond acceptors (Lipinski definition) is 4. The van der Waals surface area contributed by atoms with Gasteiger partial charge in [-0.25, -0.2) is 10.2 Å². The third-order valence-electron chi connectivity index (χ3n) is 2.65. The van der Waals surface area contributed by atoms with Crippen LogP contribution in [0.25, 0.3) is 0 Å². The molecule has 1 aromatic carbocycles. The Kier molecular flexibility index (Phi) is 3.82. The average molecular weight is 287 g/mol. The molecule has 0 aromatic heterocycles. The molecule has 1 aliphatic heterocycles. The van der Waals surface area contributed by atoms with Gasteiger partial charge in [-0.05, 0) is 19.1 Å². The summed E-state index contributed by atoms with van der Waals surface area (Å²) in [5.74, 6) is 0. The summed E-state index contributed by atoms with van der Waals surface area (Å²) in [4.78, 5) is 10.8. The van der Waals surface area contributed by atoms with Crippen LogP contribution < -0.4 is 10.7 Å². The van der Waals surface area contributed by atoms with Gasteiger partial charge in [-0.2, -0.15) is 18.3 Å². The molecule has 0 atom stereocenters. The lowest BCUT2D eigenvalue weighted by molar-refractivity contribution is -0.137. The molecule has 0 radical (unpaired) electrons. The fourth-order valence-corrected chi connectivity index (χ4v) is 1.76. The number of nitrogens with zero attached hydrogens (tertiary/aromatic N) is 1. The largest absolute Gasteiger partial charge is 0.442 e. The van der Waals surface area contributed by atoms with Crippen molar-refractivity contribution < 1.29 is 22.7 Å². The summed E-state index contributed by atoms with van der Waals surface area (Å²) in [5, 5.41) is 6.34. The number of hydrogen-bond donors (Lipinski definition) is 2. The first-order valence-corrected chi connectivity index (χ1v) is 5.86. The molecular weight excluding hydrogens is 275 g/mol. The lowest BCUT2D eigenvalue weighted by atomic mass is 10.0. The second kappa shape index (κ2) is 5.40. The number of anilines is 1. The van der Waals surface area contributed by atoms with Gasteiger partial charge in [0.05, 0.1) is 5.56 Å². The number of alkyl halides is 3. The quantitative estimate of drug-likeness (QED) is 0.898. The zero-order valence-electron chi connectivity index (χ0n) is 10.5. The van der Waals surface area contributed by atoms with Gasteiger partial charge in [-0.15, -0.1) is 0 Å². The van der Waals surface area contributed by atoms with E-state index in [0.29, 0.717) is 6.54 Å². The Balaban J connectivity index is 2.39. The van der Waals surface area contributed by atoms with Gasteiger partial charge in [-0.1, -0.05) is 6.07 Å². The van der Waals surface area contributed by atoms with Crippen LogP contribution in [-0.4, -0.2) is 25.0 Å². The van der Waals surface area contributed by atoms with Gasteiger partial charge in [0.15, 0.2) is 0 Å². The number of halogens is 3. The van der Waals surface area contributed by atoms with E-state index >= 15 is 0 Å². The van der Waals surface area contributed by atoms with Crippen LogP contribution in [0.15, 0.2) is 23.3 Å². The monoisotopic (exact) mass is 287 g/mol. The number of rotatable bonds is 3. The molecule has 1 heterocycles. The number of benzene rings is 1. The predicted octanol–water partition coefficient (Wildman–Crippen LogP) is 2.58. The van der Waals surface area contributed by atoms with E-state index in [1.807, 2.05) is 0 Å². The first-order valence-electron chi connectivity index (χ1n) is 5.86. The number of carbonyl (C=O) groups is 1. The van der Waals surface area contributed by atoms with E-state index in [2.05, 4.69) is 20.6 Å². The SMILES string of the molecule is CCNc1ccc(C2=NNC(=O)OC2)cc1C(F)(F)F. The molecule has 0 aliphatic carbocycles. The maximum atomic E-state index is 13.0. The van der Waals surface area contributed by atoms with E-state index in [0.717, 1.165) is 6.07 Å². The Labute approximate surface area is 112 Å². The van der Waals surface area contributed by atoms with Gasteiger partial charge >= 0.3 is 12.3 Å². The fraction of sp³-hybridized carbons (Fsp3) is 0.333. The van der Waals surface area contributed by atoms with Crippen LogP contribution in [0.4, 0.5) is 23.7 Å². The van der Waals surface area contributed by atoms with Crippen molar-refractivity contribution in [3.63, 3.8) is 0 Å². The lowest BCUT2D eigenvalue weighted by Gasteiger charge is -2.17. The standard InChI is InChI=1S/C12H12F3N3O2/c1-2-16-9-4-3-7(5-8(9)12(13,14)15)10-6-20-11(19)18-17-10/h3-5,16H,2,6H2,1H3,(H,18,19). The summed E-state index contributed by atoms with van der Waals surface area (Å²) in [5.41, 5.74) is 1.77. The van der Waals surface area contributed by atoms with Crippen LogP contribution in [0, 0.1) is 0 Å². The van der Waals surface area contributed by atoms with Crippen LogP contribution in [0.5, 0.6) is 0 Å². The summed E-state index contributed by atoms with van der Waals surface area (Å²) in [7, 11) is 0. The number of carbonyl (C=O) groups excluding carboxylic acids is 1. The minimum atomic E-state index is -4.48. The molecule has 0 unspecified atom stereocenters. The summed E-state index contributed by atoms with van der Waals surface area (Å²) >= 11 is 0. The van der Waals surface area contributed by atoms with E-state index in [9.17, 15) is 18.0 Å². The zero-order chi connectivity index (χ0) is 14.8. The van der Waals surface area contributed by atoms with E-state index in [-0.39, 0.29) is 23.6 Å². The average Bonchev–Trinajstić information content (AvgIpc) is 2.39.